The monoisotopic (exact) mass is 269 g/mol. The van der Waals surface area contributed by atoms with E-state index in [0.29, 0.717) is 18.1 Å². The summed E-state index contributed by atoms with van der Waals surface area (Å²) in [6.45, 7) is 6.55. The van der Waals surface area contributed by atoms with Crippen molar-refractivity contribution < 1.29 is 4.74 Å². The van der Waals surface area contributed by atoms with E-state index in [1.54, 1.807) is 0 Å². The van der Waals surface area contributed by atoms with E-state index in [2.05, 4.69) is 68.3 Å². The average Bonchev–Trinajstić information content (AvgIpc) is 3.23. The molecular formula is C18H23NO. The van der Waals surface area contributed by atoms with Gasteiger partial charge in [-0.1, -0.05) is 56.3 Å². The molecule has 0 aromatic heterocycles. The van der Waals surface area contributed by atoms with Crippen LogP contribution < -0.4 is 0 Å². The molecule has 2 atom stereocenters. The van der Waals surface area contributed by atoms with Crippen LogP contribution in [-0.4, -0.2) is 31.2 Å². The lowest BCUT2D eigenvalue weighted by Gasteiger charge is -2.32. The standard InChI is InChI=1S/C18H23NO/c1-13(2)18(19(3)11-15-12-20-15)17-10-6-8-14-7-4-5-9-16(14)17/h4-10,13,15,18H,11-12H2,1-3H3/t15?,18-/m1/s1. The molecular weight excluding hydrogens is 246 g/mol. The lowest BCUT2D eigenvalue weighted by atomic mass is 9.90. The molecule has 0 bridgehead atoms. The Hall–Kier alpha value is -1.38. The molecule has 106 valence electrons. The quantitative estimate of drug-likeness (QED) is 0.766. The van der Waals surface area contributed by atoms with Gasteiger partial charge in [0.25, 0.3) is 0 Å². The number of epoxide rings is 1. The van der Waals surface area contributed by atoms with Crippen LogP contribution in [0.1, 0.15) is 25.5 Å². The highest BCUT2D eigenvalue weighted by Crippen LogP contribution is 2.33. The van der Waals surface area contributed by atoms with E-state index in [-0.39, 0.29) is 0 Å². The Morgan fingerprint density at radius 3 is 2.55 bits per heavy atom. The Morgan fingerprint density at radius 1 is 1.15 bits per heavy atom. The maximum atomic E-state index is 5.39. The van der Waals surface area contributed by atoms with Crippen molar-refractivity contribution >= 4 is 10.8 Å². The number of benzene rings is 2. The van der Waals surface area contributed by atoms with Crippen molar-refractivity contribution in [1.82, 2.24) is 4.90 Å². The van der Waals surface area contributed by atoms with Gasteiger partial charge in [0.05, 0.1) is 12.7 Å². The predicted octanol–water partition coefficient (Wildman–Crippen LogP) is 3.87. The Balaban J connectivity index is 2.00. The van der Waals surface area contributed by atoms with Crippen LogP contribution in [0.2, 0.25) is 0 Å². The molecule has 3 rings (SSSR count). The first-order valence-corrected chi connectivity index (χ1v) is 7.46. The second-order valence-corrected chi connectivity index (χ2v) is 6.15. The van der Waals surface area contributed by atoms with Crippen LogP contribution in [0.3, 0.4) is 0 Å². The van der Waals surface area contributed by atoms with E-state index < -0.39 is 0 Å². The molecule has 0 N–H and O–H groups in total. The first kappa shape index (κ1) is 13.6. The predicted molar refractivity (Wildman–Crippen MR) is 83.9 cm³/mol. The third kappa shape index (κ3) is 2.72. The summed E-state index contributed by atoms with van der Waals surface area (Å²) in [4.78, 5) is 2.45. The molecule has 2 aromatic carbocycles. The highest BCUT2D eigenvalue weighted by Gasteiger charge is 2.29. The molecule has 0 spiro atoms. The fourth-order valence-corrected chi connectivity index (χ4v) is 3.22. The van der Waals surface area contributed by atoms with E-state index >= 15 is 0 Å². The van der Waals surface area contributed by atoms with Crippen LogP contribution in [0.5, 0.6) is 0 Å². The van der Waals surface area contributed by atoms with Crippen molar-refractivity contribution in [1.29, 1.82) is 0 Å². The van der Waals surface area contributed by atoms with E-state index in [1.807, 2.05) is 0 Å². The van der Waals surface area contributed by atoms with E-state index in [4.69, 9.17) is 4.74 Å². The third-order valence-corrected chi connectivity index (χ3v) is 4.14. The molecule has 2 nitrogen and oxygen atoms in total. The van der Waals surface area contributed by atoms with Crippen LogP contribution in [0.25, 0.3) is 10.8 Å². The van der Waals surface area contributed by atoms with Crippen molar-refractivity contribution in [2.75, 3.05) is 20.2 Å². The molecule has 0 saturated carbocycles. The van der Waals surface area contributed by atoms with Gasteiger partial charge >= 0.3 is 0 Å². The fraction of sp³-hybridized carbons (Fsp3) is 0.444. The maximum Gasteiger partial charge on any atom is 0.0936 e. The lowest BCUT2D eigenvalue weighted by Crippen LogP contribution is -2.31. The van der Waals surface area contributed by atoms with Gasteiger partial charge in [0.15, 0.2) is 0 Å². The van der Waals surface area contributed by atoms with Crippen molar-refractivity contribution in [2.45, 2.75) is 26.0 Å². The number of fused-ring (bicyclic) bond motifs is 1. The number of likely N-dealkylation sites (N-methyl/N-ethyl adjacent to an activating group) is 1. The molecule has 1 unspecified atom stereocenters. The van der Waals surface area contributed by atoms with Crippen LogP contribution in [-0.2, 0) is 4.74 Å². The van der Waals surface area contributed by atoms with Gasteiger partial charge in [-0.15, -0.1) is 0 Å². The van der Waals surface area contributed by atoms with Gasteiger partial charge in [0.2, 0.25) is 0 Å². The zero-order valence-corrected chi connectivity index (χ0v) is 12.5. The zero-order chi connectivity index (χ0) is 14.1. The summed E-state index contributed by atoms with van der Waals surface area (Å²) < 4.78 is 5.39. The van der Waals surface area contributed by atoms with Gasteiger partial charge in [0.1, 0.15) is 0 Å². The number of rotatable bonds is 5. The summed E-state index contributed by atoms with van der Waals surface area (Å²) in [5.41, 5.74) is 1.43. The first-order valence-electron chi connectivity index (χ1n) is 7.46. The van der Waals surface area contributed by atoms with Gasteiger partial charge in [-0.2, -0.15) is 0 Å². The first-order chi connectivity index (χ1) is 9.66. The van der Waals surface area contributed by atoms with Crippen molar-refractivity contribution in [3.05, 3.63) is 48.0 Å². The largest absolute Gasteiger partial charge is 0.372 e. The Morgan fingerprint density at radius 2 is 1.85 bits per heavy atom. The van der Waals surface area contributed by atoms with Gasteiger partial charge in [0, 0.05) is 12.6 Å². The molecule has 2 aromatic rings. The molecule has 1 fully saturated rings. The lowest BCUT2D eigenvalue weighted by molar-refractivity contribution is 0.178. The molecule has 0 radical (unpaired) electrons. The summed E-state index contributed by atoms with van der Waals surface area (Å²) in [7, 11) is 2.22. The Bertz CT molecular complexity index is 583. The van der Waals surface area contributed by atoms with Crippen LogP contribution in [0.4, 0.5) is 0 Å². The van der Waals surface area contributed by atoms with Crippen molar-refractivity contribution in [3.8, 4) is 0 Å². The van der Waals surface area contributed by atoms with E-state index in [1.165, 1.54) is 16.3 Å². The van der Waals surface area contributed by atoms with Crippen molar-refractivity contribution in [2.24, 2.45) is 5.92 Å². The summed E-state index contributed by atoms with van der Waals surface area (Å²) in [6.07, 6.45) is 0.441. The summed E-state index contributed by atoms with van der Waals surface area (Å²) in [5.74, 6) is 0.574. The topological polar surface area (TPSA) is 15.8 Å². The third-order valence-electron chi connectivity index (χ3n) is 4.14. The molecule has 1 aliphatic heterocycles. The number of hydrogen-bond acceptors (Lipinski definition) is 2. The number of ether oxygens (including phenoxy) is 1. The van der Waals surface area contributed by atoms with Gasteiger partial charge in [-0.05, 0) is 29.3 Å². The summed E-state index contributed by atoms with van der Waals surface area (Å²) >= 11 is 0. The van der Waals surface area contributed by atoms with Gasteiger partial charge < -0.3 is 4.74 Å². The van der Waals surface area contributed by atoms with E-state index in [9.17, 15) is 0 Å². The minimum Gasteiger partial charge on any atom is -0.372 e. The fourth-order valence-electron chi connectivity index (χ4n) is 3.22. The summed E-state index contributed by atoms with van der Waals surface area (Å²) in [5, 5.41) is 2.70. The molecule has 20 heavy (non-hydrogen) atoms. The molecule has 0 amide bonds. The average molecular weight is 269 g/mol. The highest BCUT2D eigenvalue weighted by molar-refractivity contribution is 5.86. The molecule has 1 aliphatic rings. The normalized spacial score (nSPS) is 19.8. The molecule has 2 heteroatoms. The van der Waals surface area contributed by atoms with Crippen LogP contribution in [0.15, 0.2) is 42.5 Å². The molecule has 1 saturated heterocycles. The highest BCUT2D eigenvalue weighted by atomic mass is 16.6. The number of hydrogen-bond donors (Lipinski definition) is 0. The Kier molecular flexibility index (Phi) is 3.77. The minimum absolute atomic E-state index is 0.435. The SMILES string of the molecule is CC(C)[C@H](c1cccc2ccccc12)N(C)CC1CO1. The molecule has 1 heterocycles. The van der Waals surface area contributed by atoms with Gasteiger partial charge in [-0.3, -0.25) is 4.90 Å². The maximum absolute atomic E-state index is 5.39. The van der Waals surface area contributed by atoms with Crippen LogP contribution in [0, 0.1) is 5.92 Å². The second kappa shape index (κ2) is 5.55. The van der Waals surface area contributed by atoms with Crippen LogP contribution >= 0.6 is 0 Å². The zero-order valence-electron chi connectivity index (χ0n) is 12.5. The van der Waals surface area contributed by atoms with Crippen molar-refractivity contribution in [3.63, 3.8) is 0 Å². The molecule has 0 aliphatic carbocycles. The van der Waals surface area contributed by atoms with E-state index in [0.717, 1.165) is 13.2 Å². The second-order valence-electron chi connectivity index (χ2n) is 6.15. The number of nitrogens with zero attached hydrogens (tertiary/aromatic N) is 1. The van der Waals surface area contributed by atoms with Gasteiger partial charge in [-0.25, -0.2) is 0 Å². The minimum atomic E-state index is 0.435. The Labute approximate surface area is 121 Å². The smallest absolute Gasteiger partial charge is 0.0936 e. The summed E-state index contributed by atoms with van der Waals surface area (Å²) in [6, 6.07) is 15.8.